The van der Waals surface area contributed by atoms with Gasteiger partial charge in [0.15, 0.2) is 0 Å². The minimum Gasteiger partial charge on any atom is -0.398 e. The van der Waals surface area contributed by atoms with Crippen LogP contribution in [0.5, 0.6) is 0 Å². The summed E-state index contributed by atoms with van der Waals surface area (Å²) in [7, 11) is 0. The number of carbonyl (C=O) groups is 2. The van der Waals surface area contributed by atoms with E-state index in [0.717, 1.165) is 24.9 Å². The first kappa shape index (κ1) is 14.2. The van der Waals surface area contributed by atoms with Crippen molar-refractivity contribution in [2.75, 3.05) is 17.6 Å². The maximum atomic E-state index is 11.5. The Balaban J connectivity index is 1.74. The van der Waals surface area contributed by atoms with Crippen molar-refractivity contribution < 1.29 is 9.59 Å². The van der Waals surface area contributed by atoms with Crippen molar-refractivity contribution in [1.29, 1.82) is 0 Å². The third kappa shape index (κ3) is 4.15. The molecule has 0 saturated heterocycles. The largest absolute Gasteiger partial charge is 0.398 e. The van der Waals surface area contributed by atoms with Crippen molar-refractivity contribution >= 4 is 23.2 Å². The highest BCUT2D eigenvalue weighted by Gasteiger charge is 2.22. The van der Waals surface area contributed by atoms with Gasteiger partial charge in [0.25, 0.3) is 5.91 Å². The molecule has 1 aliphatic rings. The number of benzene rings is 1. The summed E-state index contributed by atoms with van der Waals surface area (Å²) in [5.41, 5.74) is 12.3. The molecule has 1 aromatic carbocycles. The number of carbonyl (C=O) groups excluding carboxylic acids is 2. The highest BCUT2D eigenvalue weighted by atomic mass is 16.2. The molecule has 6 heteroatoms. The van der Waals surface area contributed by atoms with E-state index < -0.39 is 5.91 Å². The van der Waals surface area contributed by atoms with Gasteiger partial charge in [0.1, 0.15) is 0 Å². The van der Waals surface area contributed by atoms with Gasteiger partial charge in [-0.05, 0) is 37.5 Å². The van der Waals surface area contributed by atoms with Gasteiger partial charge in [0.05, 0.1) is 5.56 Å². The van der Waals surface area contributed by atoms with Crippen LogP contribution in [0.2, 0.25) is 0 Å². The fourth-order valence-corrected chi connectivity index (χ4v) is 1.89. The van der Waals surface area contributed by atoms with Gasteiger partial charge in [-0.25, -0.2) is 0 Å². The second-order valence-electron chi connectivity index (χ2n) is 5.04. The highest BCUT2D eigenvalue weighted by molar-refractivity contribution is 5.98. The molecule has 1 aromatic rings. The maximum Gasteiger partial charge on any atom is 0.250 e. The molecule has 2 amide bonds. The van der Waals surface area contributed by atoms with E-state index in [9.17, 15) is 9.59 Å². The van der Waals surface area contributed by atoms with E-state index in [-0.39, 0.29) is 5.91 Å². The van der Waals surface area contributed by atoms with Crippen molar-refractivity contribution in [1.82, 2.24) is 5.32 Å². The van der Waals surface area contributed by atoms with Gasteiger partial charge >= 0.3 is 0 Å². The first-order valence-corrected chi connectivity index (χ1v) is 6.79. The predicted molar refractivity (Wildman–Crippen MR) is 78.3 cm³/mol. The normalized spacial score (nSPS) is 13.8. The quantitative estimate of drug-likeness (QED) is 0.437. The summed E-state index contributed by atoms with van der Waals surface area (Å²) in [6.07, 6.45) is 3.44. The number of rotatable bonds is 7. The van der Waals surface area contributed by atoms with Crippen LogP contribution in [0.4, 0.5) is 11.4 Å². The number of amides is 2. The van der Waals surface area contributed by atoms with Crippen LogP contribution in [0, 0.1) is 0 Å². The first-order chi connectivity index (χ1) is 9.56. The standard InChI is InChI=1S/C14H20N4O2/c15-12-6-5-10(8-11(12)14(16)20)17-7-1-2-13(19)18-9-3-4-9/h5-6,8-9,17H,1-4,7,15H2,(H2,16,20)(H,18,19). The molecule has 0 radical (unpaired) electrons. The molecule has 0 unspecified atom stereocenters. The van der Waals surface area contributed by atoms with Gasteiger partial charge in [-0.15, -0.1) is 0 Å². The third-order valence-electron chi connectivity index (χ3n) is 3.17. The van der Waals surface area contributed by atoms with Crippen molar-refractivity contribution in [3.63, 3.8) is 0 Å². The van der Waals surface area contributed by atoms with Gasteiger partial charge in [0, 0.05) is 30.4 Å². The zero-order valence-corrected chi connectivity index (χ0v) is 11.3. The molecule has 1 aliphatic carbocycles. The molecule has 20 heavy (non-hydrogen) atoms. The predicted octanol–water partition coefficient (Wildman–Crippen LogP) is 0.838. The SMILES string of the molecule is NC(=O)c1cc(NCCCC(=O)NC2CC2)ccc1N. The number of anilines is 2. The molecule has 0 aliphatic heterocycles. The second-order valence-corrected chi connectivity index (χ2v) is 5.04. The molecule has 1 fully saturated rings. The van der Waals surface area contributed by atoms with E-state index in [2.05, 4.69) is 10.6 Å². The fraction of sp³-hybridized carbons (Fsp3) is 0.429. The molecule has 0 spiro atoms. The van der Waals surface area contributed by atoms with Crippen LogP contribution in [0.15, 0.2) is 18.2 Å². The molecule has 108 valence electrons. The van der Waals surface area contributed by atoms with E-state index in [0.29, 0.717) is 30.3 Å². The minimum absolute atomic E-state index is 0.101. The molecular weight excluding hydrogens is 256 g/mol. The summed E-state index contributed by atoms with van der Waals surface area (Å²) in [5, 5.41) is 6.09. The lowest BCUT2D eigenvalue weighted by molar-refractivity contribution is -0.121. The first-order valence-electron chi connectivity index (χ1n) is 6.79. The molecule has 0 heterocycles. The lowest BCUT2D eigenvalue weighted by atomic mass is 10.1. The molecular formula is C14H20N4O2. The molecule has 0 atom stereocenters. The monoisotopic (exact) mass is 276 g/mol. The highest BCUT2D eigenvalue weighted by Crippen LogP contribution is 2.19. The van der Waals surface area contributed by atoms with Crippen LogP contribution in [0.1, 0.15) is 36.0 Å². The Kier molecular flexibility index (Phi) is 4.45. The van der Waals surface area contributed by atoms with E-state index in [1.807, 2.05) is 0 Å². The Morgan fingerprint density at radius 1 is 1.30 bits per heavy atom. The Labute approximate surface area is 117 Å². The maximum absolute atomic E-state index is 11.5. The van der Waals surface area contributed by atoms with E-state index >= 15 is 0 Å². The zero-order valence-electron chi connectivity index (χ0n) is 11.3. The van der Waals surface area contributed by atoms with Crippen molar-refractivity contribution in [3.05, 3.63) is 23.8 Å². The van der Waals surface area contributed by atoms with Gasteiger partial charge in [-0.2, -0.15) is 0 Å². The summed E-state index contributed by atoms with van der Waals surface area (Å²) in [5.74, 6) is -0.445. The van der Waals surface area contributed by atoms with Crippen LogP contribution in [0.25, 0.3) is 0 Å². The average molecular weight is 276 g/mol. The smallest absolute Gasteiger partial charge is 0.250 e. The van der Waals surface area contributed by atoms with Crippen LogP contribution in [-0.2, 0) is 4.79 Å². The summed E-state index contributed by atoms with van der Waals surface area (Å²) >= 11 is 0. The molecule has 0 aromatic heterocycles. The number of nitrogen functional groups attached to an aromatic ring is 1. The number of nitrogens with two attached hydrogens (primary N) is 2. The summed E-state index contributed by atoms with van der Waals surface area (Å²) in [6.45, 7) is 0.653. The van der Waals surface area contributed by atoms with Gasteiger partial charge in [0.2, 0.25) is 5.91 Å². The number of nitrogens with one attached hydrogen (secondary N) is 2. The summed E-state index contributed by atoms with van der Waals surface area (Å²) < 4.78 is 0. The Morgan fingerprint density at radius 2 is 2.05 bits per heavy atom. The van der Waals surface area contributed by atoms with Crippen LogP contribution in [0.3, 0.4) is 0 Å². The van der Waals surface area contributed by atoms with E-state index in [1.165, 1.54) is 0 Å². The summed E-state index contributed by atoms with van der Waals surface area (Å²) in [4.78, 5) is 22.6. The average Bonchev–Trinajstić information content (AvgIpc) is 3.20. The summed E-state index contributed by atoms with van der Waals surface area (Å²) in [6, 6.07) is 5.46. The molecule has 2 rings (SSSR count). The second kappa shape index (κ2) is 6.27. The van der Waals surface area contributed by atoms with Crippen LogP contribution < -0.4 is 22.1 Å². The lowest BCUT2D eigenvalue weighted by Crippen LogP contribution is -2.25. The van der Waals surface area contributed by atoms with E-state index in [4.69, 9.17) is 11.5 Å². The van der Waals surface area contributed by atoms with Gasteiger partial charge in [-0.1, -0.05) is 0 Å². The Morgan fingerprint density at radius 3 is 2.70 bits per heavy atom. The Bertz CT molecular complexity index is 512. The van der Waals surface area contributed by atoms with Crippen LogP contribution in [-0.4, -0.2) is 24.4 Å². The number of primary amides is 1. The number of hydrogen-bond acceptors (Lipinski definition) is 4. The van der Waals surface area contributed by atoms with Crippen molar-refractivity contribution in [2.24, 2.45) is 5.73 Å². The van der Waals surface area contributed by atoms with Crippen molar-refractivity contribution in [3.8, 4) is 0 Å². The molecule has 6 N–H and O–H groups in total. The minimum atomic E-state index is -0.546. The molecule has 6 nitrogen and oxygen atoms in total. The molecule has 0 bridgehead atoms. The van der Waals surface area contributed by atoms with E-state index in [1.54, 1.807) is 18.2 Å². The van der Waals surface area contributed by atoms with Crippen molar-refractivity contribution in [2.45, 2.75) is 31.7 Å². The molecule has 1 saturated carbocycles. The topological polar surface area (TPSA) is 110 Å². The Hall–Kier alpha value is -2.24. The van der Waals surface area contributed by atoms with Gasteiger partial charge < -0.3 is 22.1 Å². The van der Waals surface area contributed by atoms with Gasteiger partial charge in [-0.3, -0.25) is 9.59 Å². The lowest BCUT2D eigenvalue weighted by Gasteiger charge is -2.09. The fourth-order valence-electron chi connectivity index (χ4n) is 1.89. The third-order valence-corrected chi connectivity index (χ3v) is 3.17. The number of hydrogen-bond donors (Lipinski definition) is 4. The zero-order chi connectivity index (χ0) is 14.5. The van der Waals surface area contributed by atoms with Crippen LogP contribution >= 0.6 is 0 Å².